The number of hydrogen-bond acceptors (Lipinski definition) is 4. The summed E-state index contributed by atoms with van der Waals surface area (Å²) in [5, 5.41) is 10.4. The fraction of sp³-hybridized carbons (Fsp3) is 0.714. The first-order valence-electron chi connectivity index (χ1n) is 7.44. The highest BCUT2D eigenvalue weighted by atomic mass is 16.5. The molecule has 21 heavy (non-hydrogen) atoms. The standard InChI is InChI=1S/C14H25N5O2/c1-18-13-4-3-8-19(11-12(13)10-17-18)14(20)16-6-5-15-7-9-21-2/h10,15H,3-9,11H2,1-2H3,(H,16,20). The van der Waals surface area contributed by atoms with Crippen LogP contribution in [0.15, 0.2) is 6.20 Å². The lowest BCUT2D eigenvalue weighted by atomic mass is 10.2. The van der Waals surface area contributed by atoms with Gasteiger partial charge in [-0.15, -0.1) is 0 Å². The normalized spacial score (nSPS) is 14.7. The van der Waals surface area contributed by atoms with E-state index in [0.717, 1.165) is 38.0 Å². The molecule has 0 unspecified atom stereocenters. The Labute approximate surface area is 125 Å². The summed E-state index contributed by atoms with van der Waals surface area (Å²) >= 11 is 0. The van der Waals surface area contributed by atoms with Crippen molar-refractivity contribution < 1.29 is 9.53 Å². The molecule has 1 aromatic heterocycles. The highest BCUT2D eigenvalue weighted by Gasteiger charge is 2.20. The lowest BCUT2D eigenvalue weighted by Crippen LogP contribution is -2.42. The van der Waals surface area contributed by atoms with Gasteiger partial charge in [-0.3, -0.25) is 4.68 Å². The van der Waals surface area contributed by atoms with Crippen LogP contribution in [0.5, 0.6) is 0 Å². The molecule has 2 N–H and O–H groups in total. The van der Waals surface area contributed by atoms with E-state index in [2.05, 4.69) is 15.7 Å². The number of amides is 2. The minimum atomic E-state index is 0.000226. The third-order valence-corrected chi connectivity index (χ3v) is 3.70. The smallest absolute Gasteiger partial charge is 0.317 e. The van der Waals surface area contributed by atoms with Crippen LogP contribution >= 0.6 is 0 Å². The molecule has 118 valence electrons. The number of carbonyl (C=O) groups excluding carboxylic acids is 1. The minimum absolute atomic E-state index is 0.000226. The summed E-state index contributed by atoms with van der Waals surface area (Å²) in [5.41, 5.74) is 2.40. The van der Waals surface area contributed by atoms with E-state index < -0.39 is 0 Å². The number of methoxy groups -OCH3 is 1. The van der Waals surface area contributed by atoms with Crippen molar-refractivity contribution in [1.29, 1.82) is 0 Å². The Bertz CT molecular complexity index is 460. The second-order valence-electron chi connectivity index (χ2n) is 5.24. The van der Waals surface area contributed by atoms with E-state index >= 15 is 0 Å². The number of hydrogen-bond donors (Lipinski definition) is 2. The quantitative estimate of drug-likeness (QED) is 0.731. The second-order valence-corrected chi connectivity index (χ2v) is 5.24. The summed E-state index contributed by atoms with van der Waals surface area (Å²) in [6.45, 7) is 4.29. The summed E-state index contributed by atoms with van der Waals surface area (Å²) in [5.74, 6) is 0. The number of aromatic nitrogens is 2. The number of urea groups is 1. The Morgan fingerprint density at radius 2 is 2.29 bits per heavy atom. The van der Waals surface area contributed by atoms with Gasteiger partial charge in [-0.1, -0.05) is 0 Å². The molecule has 7 nitrogen and oxygen atoms in total. The number of rotatable bonds is 6. The Hall–Kier alpha value is -1.60. The van der Waals surface area contributed by atoms with Crippen LogP contribution in [0.3, 0.4) is 0 Å². The van der Waals surface area contributed by atoms with Crippen molar-refractivity contribution in [3.05, 3.63) is 17.5 Å². The van der Waals surface area contributed by atoms with Crippen LogP contribution in [0.25, 0.3) is 0 Å². The van der Waals surface area contributed by atoms with Gasteiger partial charge in [0.2, 0.25) is 0 Å². The van der Waals surface area contributed by atoms with Crippen molar-refractivity contribution in [2.45, 2.75) is 19.4 Å². The number of ether oxygens (including phenoxy) is 1. The molecule has 1 aliphatic heterocycles. The molecule has 0 saturated heterocycles. The molecule has 2 amide bonds. The highest BCUT2D eigenvalue weighted by Crippen LogP contribution is 2.17. The first-order chi connectivity index (χ1) is 10.2. The van der Waals surface area contributed by atoms with Crippen LogP contribution in [0, 0.1) is 0 Å². The lowest BCUT2D eigenvalue weighted by molar-refractivity contribution is 0.194. The van der Waals surface area contributed by atoms with E-state index in [-0.39, 0.29) is 6.03 Å². The molecular formula is C14H25N5O2. The molecule has 0 spiro atoms. The van der Waals surface area contributed by atoms with Crippen molar-refractivity contribution >= 4 is 6.03 Å². The lowest BCUT2D eigenvalue weighted by Gasteiger charge is -2.20. The number of nitrogens with zero attached hydrogens (tertiary/aromatic N) is 3. The Balaban J connectivity index is 1.75. The predicted molar refractivity (Wildman–Crippen MR) is 80.1 cm³/mol. The zero-order valence-electron chi connectivity index (χ0n) is 12.9. The molecule has 0 saturated carbocycles. The molecule has 0 atom stereocenters. The number of nitrogens with one attached hydrogen (secondary N) is 2. The van der Waals surface area contributed by atoms with Gasteiger partial charge in [-0.2, -0.15) is 5.10 Å². The molecule has 0 radical (unpaired) electrons. The minimum Gasteiger partial charge on any atom is -0.383 e. The van der Waals surface area contributed by atoms with Crippen molar-refractivity contribution in [1.82, 2.24) is 25.3 Å². The predicted octanol–water partition coefficient (Wildman–Crippen LogP) is 0.114. The monoisotopic (exact) mass is 295 g/mol. The molecule has 0 aliphatic carbocycles. The van der Waals surface area contributed by atoms with Crippen LogP contribution in [-0.4, -0.2) is 60.6 Å². The van der Waals surface area contributed by atoms with Gasteiger partial charge in [-0.25, -0.2) is 4.79 Å². The maximum atomic E-state index is 12.2. The van der Waals surface area contributed by atoms with Gasteiger partial charge in [0, 0.05) is 51.6 Å². The fourth-order valence-electron chi connectivity index (χ4n) is 2.53. The molecule has 2 heterocycles. The Kier molecular flexibility index (Phi) is 6.01. The second kappa shape index (κ2) is 7.99. The number of fused-ring (bicyclic) bond motifs is 1. The van der Waals surface area contributed by atoms with Crippen molar-refractivity contribution in [2.24, 2.45) is 7.05 Å². The molecule has 1 aromatic rings. The van der Waals surface area contributed by atoms with Crippen molar-refractivity contribution in [3.63, 3.8) is 0 Å². The third-order valence-electron chi connectivity index (χ3n) is 3.70. The Morgan fingerprint density at radius 3 is 3.10 bits per heavy atom. The molecule has 2 rings (SSSR count). The third kappa shape index (κ3) is 4.44. The number of aryl methyl sites for hydroxylation is 1. The van der Waals surface area contributed by atoms with E-state index in [0.29, 0.717) is 19.7 Å². The molecule has 0 bridgehead atoms. The first kappa shape index (κ1) is 15.8. The van der Waals surface area contributed by atoms with Crippen LogP contribution in [0.4, 0.5) is 4.79 Å². The maximum Gasteiger partial charge on any atom is 0.317 e. The van der Waals surface area contributed by atoms with Gasteiger partial charge in [0.1, 0.15) is 0 Å². The van der Waals surface area contributed by atoms with E-state index in [1.807, 2.05) is 22.8 Å². The topological polar surface area (TPSA) is 71.4 Å². The van der Waals surface area contributed by atoms with Crippen LogP contribution in [0.2, 0.25) is 0 Å². The number of carbonyl (C=O) groups is 1. The van der Waals surface area contributed by atoms with Gasteiger partial charge in [-0.05, 0) is 12.8 Å². The SMILES string of the molecule is COCCNCCNC(=O)N1CCCc2c(cnn2C)C1. The zero-order valence-corrected chi connectivity index (χ0v) is 12.9. The van der Waals surface area contributed by atoms with Crippen LogP contribution in [0.1, 0.15) is 17.7 Å². The molecule has 0 fully saturated rings. The van der Waals surface area contributed by atoms with Crippen molar-refractivity contribution in [2.75, 3.05) is 39.9 Å². The fourth-order valence-corrected chi connectivity index (χ4v) is 2.53. The summed E-state index contributed by atoms with van der Waals surface area (Å²) in [6, 6.07) is 0.000226. The van der Waals surface area contributed by atoms with Gasteiger partial charge >= 0.3 is 6.03 Å². The summed E-state index contributed by atoms with van der Waals surface area (Å²) in [7, 11) is 3.63. The average Bonchev–Trinajstić information content (AvgIpc) is 2.71. The molecule has 1 aliphatic rings. The largest absolute Gasteiger partial charge is 0.383 e. The molecule has 0 aromatic carbocycles. The van der Waals surface area contributed by atoms with Gasteiger partial charge in [0.15, 0.2) is 0 Å². The molecular weight excluding hydrogens is 270 g/mol. The average molecular weight is 295 g/mol. The van der Waals surface area contributed by atoms with Gasteiger partial charge in [0.25, 0.3) is 0 Å². The van der Waals surface area contributed by atoms with E-state index in [9.17, 15) is 4.79 Å². The van der Waals surface area contributed by atoms with E-state index in [1.54, 1.807) is 7.11 Å². The van der Waals surface area contributed by atoms with E-state index in [4.69, 9.17) is 4.74 Å². The summed E-state index contributed by atoms with van der Waals surface area (Å²) in [4.78, 5) is 14.1. The van der Waals surface area contributed by atoms with Crippen LogP contribution in [-0.2, 0) is 24.8 Å². The van der Waals surface area contributed by atoms with Crippen molar-refractivity contribution in [3.8, 4) is 0 Å². The van der Waals surface area contributed by atoms with Gasteiger partial charge in [0.05, 0.1) is 19.3 Å². The zero-order chi connectivity index (χ0) is 15.1. The molecule has 7 heteroatoms. The van der Waals surface area contributed by atoms with Crippen LogP contribution < -0.4 is 10.6 Å². The van der Waals surface area contributed by atoms with Gasteiger partial charge < -0.3 is 20.3 Å². The summed E-state index contributed by atoms with van der Waals surface area (Å²) in [6.07, 6.45) is 3.83. The van der Waals surface area contributed by atoms with E-state index in [1.165, 1.54) is 5.69 Å². The maximum absolute atomic E-state index is 12.2. The highest BCUT2D eigenvalue weighted by molar-refractivity contribution is 5.74. The summed E-state index contributed by atoms with van der Waals surface area (Å²) < 4.78 is 6.86. The first-order valence-corrected chi connectivity index (χ1v) is 7.44. The Morgan fingerprint density at radius 1 is 1.43 bits per heavy atom.